The number of nitrogens with zero attached hydrogens (tertiary/aromatic N) is 4. The first-order valence-corrected chi connectivity index (χ1v) is 12.7. The van der Waals surface area contributed by atoms with Gasteiger partial charge in [0.15, 0.2) is 11.5 Å². The molecule has 0 spiro atoms. The number of rotatable bonds is 6. The van der Waals surface area contributed by atoms with Crippen molar-refractivity contribution in [1.82, 2.24) is 30.1 Å². The molecule has 0 aliphatic rings. The summed E-state index contributed by atoms with van der Waals surface area (Å²) in [5.74, 6) is 1.36. The van der Waals surface area contributed by atoms with E-state index < -0.39 is 0 Å². The molecular weight excluding hydrogens is 480 g/mol. The third-order valence-electron chi connectivity index (χ3n) is 6.19. The summed E-state index contributed by atoms with van der Waals surface area (Å²) in [7, 11) is 0. The van der Waals surface area contributed by atoms with Crippen LogP contribution in [0.25, 0.3) is 55.3 Å². The van der Waals surface area contributed by atoms with Gasteiger partial charge in [-0.05, 0) is 41.3 Å². The maximum absolute atomic E-state index is 5.97. The van der Waals surface area contributed by atoms with E-state index in [0.29, 0.717) is 23.9 Å². The average molecular weight is 501 g/mol. The Morgan fingerprint density at radius 3 is 2.65 bits per heavy atom. The van der Waals surface area contributed by atoms with E-state index in [1.807, 2.05) is 60.7 Å². The summed E-state index contributed by atoms with van der Waals surface area (Å²) in [6.45, 7) is 0.476. The van der Waals surface area contributed by atoms with Crippen molar-refractivity contribution in [2.24, 2.45) is 0 Å². The fourth-order valence-electron chi connectivity index (χ4n) is 4.38. The minimum atomic E-state index is 0.476. The van der Waals surface area contributed by atoms with Crippen LogP contribution >= 0.6 is 11.3 Å². The third-order valence-corrected chi connectivity index (χ3v) is 7.09. The SMILES string of the molecule is c1ccc(COc2cncc(-c3ccc4[nH]nc(-c5nc6c(-c7cccs7)cccc6[nH]5)c4n3)c2)cc1. The standard InChI is InChI=1S/C29H20N6OS/c1-2-6-18(7-3-1)17-36-20-14-19(15-30-16-20)22-11-12-24-27(31-22)28(35-34-24)29-32-23-9-4-8-21(26(23)33-29)25-10-5-13-37-25/h1-16H,17H2,(H,32,33)(H,34,35). The largest absolute Gasteiger partial charge is 0.487 e. The number of benzene rings is 2. The molecular formula is C29H20N6OS. The summed E-state index contributed by atoms with van der Waals surface area (Å²) in [5, 5.41) is 9.71. The number of thiophene rings is 1. The number of ether oxygens (including phenoxy) is 1. The highest BCUT2D eigenvalue weighted by atomic mass is 32.1. The monoisotopic (exact) mass is 500 g/mol. The van der Waals surface area contributed by atoms with Crippen LogP contribution in [0.2, 0.25) is 0 Å². The lowest BCUT2D eigenvalue weighted by atomic mass is 10.1. The zero-order valence-electron chi connectivity index (χ0n) is 19.6. The highest BCUT2D eigenvalue weighted by molar-refractivity contribution is 7.13. The van der Waals surface area contributed by atoms with Crippen molar-refractivity contribution >= 4 is 33.4 Å². The minimum Gasteiger partial charge on any atom is -0.487 e. The van der Waals surface area contributed by atoms with Crippen LogP contribution in [0.5, 0.6) is 5.75 Å². The molecule has 7 nitrogen and oxygen atoms in total. The Morgan fingerprint density at radius 1 is 0.811 bits per heavy atom. The number of H-pyrrole nitrogens is 2. The normalized spacial score (nSPS) is 11.4. The van der Waals surface area contributed by atoms with Gasteiger partial charge < -0.3 is 9.72 Å². The van der Waals surface area contributed by atoms with Gasteiger partial charge in [-0.3, -0.25) is 10.1 Å². The minimum absolute atomic E-state index is 0.476. The molecule has 0 unspecified atom stereocenters. The molecule has 0 saturated heterocycles. The number of nitrogens with one attached hydrogen (secondary N) is 2. The van der Waals surface area contributed by atoms with E-state index in [2.05, 4.69) is 43.7 Å². The molecule has 0 aliphatic heterocycles. The van der Waals surface area contributed by atoms with Gasteiger partial charge in [-0.15, -0.1) is 11.3 Å². The van der Waals surface area contributed by atoms with Crippen molar-refractivity contribution in [2.45, 2.75) is 6.61 Å². The lowest BCUT2D eigenvalue weighted by Crippen LogP contribution is -1.96. The lowest BCUT2D eigenvalue weighted by molar-refractivity contribution is 0.305. The van der Waals surface area contributed by atoms with Gasteiger partial charge in [0.25, 0.3) is 0 Å². The van der Waals surface area contributed by atoms with E-state index in [4.69, 9.17) is 14.7 Å². The molecule has 37 heavy (non-hydrogen) atoms. The van der Waals surface area contributed by atoms with Crippen LogP contribution < -0.4 is 4.74 Å². The number of pyridine rings is 2. The number of imidazole rings is 1. The molecule has 0 bridgehead atoms. The highest BCUT2D eigenvalue weighted by Crippen LogP contribution is 2.33. The van der Waals surface area contributed by atoms with Crippen LogP contribution in [0.3, 0.4) is 0 Å². The summed E-state index contributed by atoms with van der Waals surface area (Å²) < 4.78 is 5.97. The van der Waals surface area contributed by atoms with Crippen LogP contribution in [0.4, 0.5) is 0 Å². The van der Waals surface area contributed by atoms with Crippen molar-refractivity contribution in [3.05, 3.63) is 102 Å². The summed E-state index contributed by atoms with van der Waals surface area (Å²) in [5.41, 5.74) is 7.97. The molecule has 2 aromatic carbocycles. The van der Waals surface area contributed by atoms with Crippen LogP contribution in [0.1, 0.15) is 5.56 Å². The van der Waals surface area contributed by atoms with Crippen molar-refractivity contribution in [3.63, 3.8) is 0 Å². The molecule has 0 radical (unpaired) electrons. The Bertz CT molecular complexity index is 1840. The maximum atomic E-state index is 5.97. The second-order valence-corrected chi connectivity index (χ2v) is 9.56. The van der Waals surface area contributed by atoms with Gasteiger partial charge in [0.05, 0.1) is 28.4 Å². The Balaban J connectivity index is 1.24. The van der Waals surface area contributed by atoms with Crippen molar-refractivity contribution in [1.29, 1.82) is 0 Å². The van der Waals surface area contributed by atoms with Crippen molar-refractivity contribution < 1.29 is 4.74 Å². The number of fused-ring (bicyclic) bond motifs is 2. The van der Waals surface area contributed by atoms with Gasteiger partial charge in [-0.2, -0.15) is 5.10 Å². The van der Waals surface area contributed by atoms with Gasteiger partial charge in [-0.25, -0.2) is 9.97 Å². The summed E-state index contributed by atoms with van der Waals surface area (Å²) in [6, 6.07) is 26.3. The first kappa shape index (κ1) is 21.5. The average Bonchev–Trinajstić information content (AvgIpc) is 3.71. The number of hydrogen-bond donors (Lipinski definition) is 2. The first-order chi connectivity index (χ1) is 18.3. The van der Waals surface area contributed by atoms with Crippen LogP contribution in [-0.2, 0) is 6.61 Å². The number of aromatic amines is 2. The van der Waals surface area contributed by atoms with Gasteiger partial charge in [0, 0.05) is 22.2 Å². The summed E-state index contributed by atoms with van der Waals surface area (Å²) in [6.07, 6.45) is 3.51. The second-order valence-electron chi connectivity index (χ2n) is 8.61. The molecule has 0 amide bonds. The topological polar surface area (TPSA) is 92.4 Å². The summed E-state index contributed by atoms with van der Waals surface area (Å²) >= 11 is 1.70. The predicted octanol–water partition coefficient (Wildman–Crippen LogP) is 6.87. The van der Waals surface area contributed by atoms with Gasteiger partial charge in [-0.1, -0.05) is 48.5 Å². The molecule has 178 valence electrons. The molecule has 0 aliphatic carbocycles. The van der Waals surface area contributed by atoms with Gasteiger partial charge >= 0.3 is 0 Å². The molecule has 5 heterocycles. The maximum Gasteiger partial charge on any atom is 0.161 e. The van der Waals surface area contributed by atoms with E-state index in [9.17, 15) is 0 Å². The Kier molecular flexibility index (Phi) is 5.22. The zero-order valence-corrected chi connectivity index (χ0v) is 20.4. The van der Waals surface area contributed by atoms with Gasteiger partial charge in [0.2, 0.25) is 0 Å². The first-order valence-electron chi connectivity index (χ1n) is 11.8. The lowest BCUT2D eigenvalue weighted by Gasteiger charge is -2.08. The van der Waals surface area contributed by atoms with E-state index in [1.54, 1.807) is 23.7 Å². The smallest absolute Gasteiger partial charge is 0.161 e. The van der Waals surface area contributed by atoms with Crippen LogP contribution in [0.15, 0.2) is 96.6 Å². The Labute approximate surface area is 215 Å². The fourth-order valence-corrected chi connectivity index (χ4v) is 5.13. The molecule has 0 atom stereocenters. The van der Waals surface area contributed by atoms with Gasteiger partial charge in [0.1, 0.15) is 17.9 Å². The third kappa shape index (κ3) is 4.03. The van der Waals surface area contributed by atoms with E-state index in [0.717, 1.165) is 44.5 Å². The summed E-state index contributed by atoms with van der Waals surface area (Å²) in [4.78, 5) is 18.9. The zero-order chi connectivity index (χ0) is 24.6. The molecule has 0 fully saturated rings. The number of para-hydroxylation sites is 1. The van der Waals surface area contributed by atoms with E-state index >= 15 is 0 Å². The molecule has 0 saturated carbocycles. The Morgan fingerprint density at radius 2 is 1.76 bits per heavy atom. The molecule has 8 heteroatoms. The van der Waals surface area contributed by atoms with Crippen molar-refractivity contribution in [3.8, 4) is 39.0 Å². The second kappa shape index (κ2) is 9.00. The van der Waals surface area contributed by atoms with Crippen molar-refractivity contribution in [2.75, 3.05) is 0 Å². The number of hydrogen-bond acceptors (Lipinski definition) is 6. The van der Waals surface area contributed by atoms with E-state index in [-0.39, 0.29) is 0 Å². The molecule has 2 N–H and O–H groups in total. The molecule has 7 rings (SSSR count). The van der Waals surface area contributed by atoms with Crippen LogP contribution in [-0.4, -0.2) is 30.1 Å². The Hall–Kier alpha value is -4.82. The number of aromatic nitrogens is 6. The van der Waals surface area contributed by atoms with Crippen LogP contribution in [0, 0.1) is 0 Å². The molecule has 7 aromatic rings. The quantitative estimate of drug-likeness (QED) is 0.260. The predicted molar refractivity (Wildman–Crippen MR) is 146 cm³/mol. The fraction of sp³-hybridized carbons (Fsp3) is 0.0345. The van der Waals surface area contributed by atoms with E-state index in [1.165, 1.54) is 4.88 Å². The molecule has 5 aromatic heterocycles. The highest BCUT2D eigenvalue weighted by Gasteiger charge is 2.17.